The lowest BCUT2D eigenvalue weighted by molar-refractivity contribution is -0.114. The Morgan fingerprint density at radius 3 is 2.11 bits per heavy atom. The summed E-state index contributed by atoms with van der Waals surface area (Å²) in [6.45, 7) is 1.46. The lowest BCUT2D eigenvalue weighted by Gasteiger charge is -2.24. The number of carbonyl (C=O) groups excluding carboxylic acids is 3. The van der Waals surface area contributed by atoms with Gasteiger partial charge in [0.15, 0.2) is 0 Å². The molecule has 200 valence electrons. The van der Waals surface area contributed by atoms with Gasteiger partial charge >= 0.3 is 11.9 Å². The number of hydrogen-bond acceptors (Lipinski definition) is 8. The third-order valence-electron chi connectivity index (χ3n) is 5.24. The molecule has 0 unspecified atom stereocenters. The zero-order chi connectivity index (χ0) is 27.9. The predicted molar refractivity (Wildman–Crippen MR) is 136 cm³/mol. The van der Waals surface area contributed by atoms with Gasteiger partial charge in [0.2, 0.25) is 5.91 Å². The van der Waals surface area contributed by atoms with Gasteiger partial charge in [0.1, 0.15) is 18.1 Å². The Balaban J connectivity index is 2.00. The predicted octanol–water partition coefficient (Wildman–Crippen LogP) is 3.63. The van der Waals surface area contributed by atoms with Crippen LogP contribution in [0.15, 0.2) is 71.6 Å². The molecule has 0 saturated carbocycles. The zero-order valence-corrected chi connectivity index (χ0v) is 21.6. The van der Waals surface area contributed by atoms with E-state index in [1.54, 1.807) is 19.1 Å². The topological polar surface area (TPSA) is 128 Å². The largest absolute Gasteiger partial charge is 0.494 e. The van der Waals surface area contributed by atoms with Crippen LogP contribution in [0.25, 0.3) is 0 Å². The molecule has 0 aliphatic carbocycles. The third-order valence-corrected chi connectivity index (χ3v) is 7.03. The molecule has 3 aromatic rings. The maximum Gasteiger partial charge on any atom is 0.339 e. The number of halogens is 1. The summed E-state index contributed by atoms with van der Waals surface area (Å²) in [4.78, 5) is 37.1. The van der Waals surface area contributed by atoms with Crippen LogP contribution in [0.1, 0.15) is 27.6 Å². The van der Waals surface area contributed by atoms with Crippen molar-refractivity contribution in [3.8, 4) is 5.75 Å². The van der Waals surface area contributed by atoms with Crippen LogP contribution in [0.5, 0.6) is 5.75 Å². The average molecular weight is 545 g/mol. The van der Waals surface area contributed by atoms with Crippen molar-refractivity contribution in [2.45, 2.75) is 11.8 Å². The molecule has 0 fully saturated rings. The molecule has 1 N–H and O–H groups in total. The number of nitrogens with one attached hydrogen (secondary N) is 1. The van der Waals surface area contributed by atoms with Crippen LogP contribution in [-0.4, -0.2) is 53.6 Å². The molecule has 0 aliphatic heterocycles. The second-order valence-electron chi connectivity index (χ2n) is 7.68. The van der Waals surface area contributed by atoms with Gasteiger partial charge < -0.3 is 19.5 Å². The fourth-order valence-electron chi connectivity index (χ4n) is 3.42. The van der Waals surface area contributed by atoms with E-state index in [4.69, 9.17) is 9.47 Å². The van der Waals surface area contributed by atoms with E-state index in [9.17, 15) is 27.2 Å². The molecule has 3 rings (SSSR count). The molecular formula is C26H25FN2O8S. The van der Waals surface area contributed by atoms with Crippen molar-refractivity contribution in [3.05, 3.63) is 83.7 Å². The van der Waals surface area contributed by atoms with E-state index < -0.39 is 40.2 Å². The number of nitrogens with zero attached hydrogens (tertiary/aromatic N) is 1. The van der Waals surface area contributed by atoms with Gasteiger partial charge in [-0.25, -0.2) is 22.4 Å². The van der Waals surface area contributed by atoms with E-state index >= 15 is 0 Å². The number of carbonyl (C=O) groups is 3. The summed E-state index contributed by atoms with van der Waals surface area (Å²) in [5.74, 6) is -2.49. The quantitative estimate of drug-likeness (QED) is 0.383. The van der Waals surface area contributed by atoms with Gasteiger partial charge in [-0.15, -0.1) is 0 Å². The minimum Gasteiger partial charge on any atom is -0.494 e. The Bertz CT molecular complexity index is 1420. The van der Waals surface area contributed by atoms with E-state index in [-0.39, 0.29) is 27.4 Å². The summed E-state index contributed by atoms with van der Waals surface area (Å²) in [5, 5.41) is 2.47. The first-order chi connectivity index (χ1) is 18.1. The van der Waals surface area contributed by atoms with Crippen LogP contribution < -0.4 is 14.4 Å². The highest BCUT2D eigenvalue weighted by molar-refractivity contribution is 7.92. The minimum atomic E-state index is -4.34. The van der Waals surface area contributed by atoms with Crippen molar-refractivity contribution < 1.29 is 41.4 Å². The molecule has 0 spiro atoms. The molecule has 38 heavy (non-hydrogen) atoms. The van der Waals surface area contributed by atoms with Crippen molar-refractivity contribution in [3.63, 3.8) is 0 Å². The number of esters is 2. The lowest BCUT2D eigenvalue weighted by Crippen LogP contribution is -2.38. The third kappa shape index (κ3) is 6.45. The van der Waals surface area contributed by atoms with Gasteiger partial charge in [-0.2, -0.15) is 0 Å². The van der Waals surface area contributed by atoms with Crippen LogP contribution in [0, 0.1) is 5.82 Å². The maximum absolute atomic E-state index is 13.5. The molecule has 0 radical (unpaired) electrons. The van der Waals surface area contributed by atoms with Gasteiger partial charge in [0, 0.05) is 0 Å². The second-order valence-corrected chi connectivity index (χ2v) is 9.55. The van der Waals surface area contributed by atoms with Crippen LogP contribution in [0.4, 0.5) is 15.8 Å². The summed E-state index contributed by atoms with van der Waals surface area (Å²) in [7, 11) is -2.03. The van der Waals surface area contributed by atoms with Gasteiger partial charge in [0.25, 0.3) is 10.0 Å². The molecule has 12 heteroatoms. The molecule has 0 aliphatic rings. The number of methoxy groups -OCH3 is 2. The molecule has 1 amide bonds. The van der Waals surface area contributed by atoms with Gasteiger partial charge in [-0.1, -0.05) is 0 Å². The van der Waals surface area contributed by atoms with E-state index in [0.29, 0.717) is 12.4 Å². The Morgan fingerprint density at radius 1 is 0.895 bits per heavy atom. The zero-order valence-electron chi connectivity index (χ0n) is 20.8. The van der Waals surface area contributed by atoms with Crippen molar-refractivity contribution in [1.82, 2.24) is 0 Å². The van der Waals surface area contributed by atoms with Gasteiger partial charge in [0.05, 0.1) is 48.2 Å². The Hall–Kier alpha value is -4.45. The number of sulfonamides is 1. The molecule has 0 atom stereocenters. The van der Waals surface area contributed by atoms with E-state index in [1.165, 1.54) is 37.4 Å². The van der Waals surface area contributed by atoms with Gasteiger partial charge in [-0.3, -0.25) is 9.10 Å². The van der Waals surface area contributed by atoms with Crippen LogP contribution in [-0.2, 0) is 24.3 Å². The molecular weight excluding hydrogens is 519 g/mol. The second kappa shape index (κ2) is 12.2. The van der Waals surface area contributed by atoms with Crippen molar-refractivity contribution in [1.29, 1.82) is 0 Å². The van der Waals surface area contributed by atoms with Gasteiger partial charge in [-0.05, 0) is 73.7 Å². The highest BCUT2D eigenvalue weighted by Crippen LogP contribution is 2.27. The summed E-state index contributed by atoms with van der Waals surface area (Å²) < 4.78 is 56.1. The molecule has 3 aromatic carbocycles. The Morgan fingerprint density at radius 2 is 1.53 bits per heavy atom. The highest BCUT2D eigenvalue weighted by atomic mass is 32.2. The Kier molecular flexibility index (Phi) is 9.02. The summed E-state index contributed by atoms with van der Waals surface area (Å²) in [6, 6.07) is 13.9. The molecule has 0 heterocycles. The minimum absolute atomic E-state index is 0.0396. The first-order valence-electron chi connectivity index (χ1n) is 11.2. The van der Waals surface area contributed by atoms with E-state index in [0.717, 1.165) is 35.7 Å². The van der Waals surface area contributed by atoms with E-state index in [2.05, 4.69) is 10.1 Å². The fraction of sp³-hybridized carbons (Fsp3) is 0.192. The van der Waals surface area contributed by atoms with Crippen molar-refractivity contribution in [2.24, 2.45) is 0 Å². The van der Waals surface area contributed by atoms with Crippen LogP contribution in [0.3, 0.4) is 0 Å². The number of anilines is 2. The molecule has 0 bridgehead atoms. The monoisotopic (exact) mass is 544 g/mol. The first kappa shape index (κ1) is 28.1. The normalized spacial score (nSPS) is 10.8. The molecule has 10 nitrogen and oxygen atoms in total. The summed E-state index contributed by atoms with van der Waals surface area (Å²) in [5.41, 5.74) is 0.0141. The molecule has 0 saturated heterocycles. The number of rotatable bonds is 10. The number of amides is 1. The Labute approximate surface area is 219 Å². The number of ether oxygens (including phenoxy) is 3. The average Bonchev–Trinajstić information content (AvgIpc) is 2.91. The van der Waals surface area contributed by atoms with Crippen molar-refractivity contribution >= 4 is 39.2 Å². The number of benzene rings is 3. The lowest BCUT2D eigenvalue weighted by atomic mass is 10.1. The summed E-state index contributed by atoms with van der Waals surface area (Å²) >= 11 is 0. The van der Waals surface area contributed by atoms with Crippen LogP contribution >= 0.6 is 0 Å². The summed E-state index contributed by atoms with van der Waals surface area (Å²) in [6.07, 6.45) is 0. The SMILES string of the molecule is CCOc1ccc(N(CC(=O)Nc2cc(C(=O)OC)ccc2C(=O)OC)S(=O)(=O)c2ccc(F)cc2)cc1. The first-order valence-corrected chi connectivity index (χ1v) is 12.7. The van der Waals surface area contributed by atoms with Crippen molar-refractivity contribution in [2.75, 3.05) is 37.0 Å². The van der Waals surface area contributed by atoms with Crippen LogP contribution in [0.2, 0.25) is 0 Å². The molecule has 0 aromatic heterocycles. The number of hydrogen-bond donors (Lipinski definition) is 1. The smallest absolute Gasteiger partial charge is 0.339 e. The standard InChI is InChI=1S/C26H25FN2O8S/c1-4-37-20-10-8-19(9-11-20)29(38(33,34)21-12-6-18(27)7-13-21)16-24(30)28-23-15-17(25(31)35-2)5-14-22(23)26(32)36-3/h5-15H,4,16H2,1-3H3,(H,28,30). The maximum atomic E-state index is 13.5. The fourth-order valence-corrected chi connectivity index (χ4v) is 4.85. The van der Waals surface area contributed by atoms with E-state index in [1.807, 2.05) is 0 Å². The highest BCUT2D eigenvalue weighted by Gasteiger charge is 2.28.